The fraction of sp³-hybridized carbons (Fsp3) is 0.608. The number of likely N-dealkylation sites (N-methyl/N-ethyl adjacent to an activating group) is 1. The maximum Gasteiger partial charge on any atom is 0.339 e. The largest absolute Gasteiger partial charge is 0.497 e. The zero-order valence-electron chi connectivity index (χ0n) is 80.1. The van der Waals surface area contributed by atoms with Crippen LogP contribution in [0.3, 0.4) is 0 Å². The Hall–Kier alpha value is -11.1. The van der Waals surface area contributed by atoms with Gasteiger partial charge in [0, 0.05) is 33.2 Å². The molecular weight excluding hydrogens is 1780 g/mol. The number of hydrogen-bond acceptors (Lipinski definition) is 32. The number of likely N-dealkylation sites (tertiary alicyclic amines) is 1. The van der Waals surface area contributed by atoms with Gasteiger partial charge in [-0.05, 0) is 261 Å². The van der Waals surface area contributed by atoms with Crippen molar-refractivity contribution in [1.29, 1.82) is 0 Å². The number of methoxy groups -OCH3 is 5. The molecule has 4 aliphatic carbocycles. The van der Waals surface area contributed by atoms with E-state index >= 15 is 0 Å². The summed E-state index contributed by atoms with van der Waals surface area (Å²) >= 11 is 0. The summed E-state index contributed by atoms with van der Waals surface area (Å²) in [5, 5.41) is 11.2. The maximum absolute atomic E-state index is 13.7. The number of hydrogen-bond donors (Lipinski definition) is 1. The van der Waals surface area contributed by atoms with E-state index in [2.05, 4.69) is 77.6 Å². The molecule has 5 saturated heterocycles. The summed E-state index contributed by atoms with van der Waals surface area (Å²) in [6.45, 7) is 16.1. The number of β-lactam (4-membered cyclic amide) rings is 1. The zero-order valence-corrected chi connectivity index (χ0v) is 80.1. The Balaban J connectivity index is 0.000000122. The van der Waals surface area contributed by atoms with E-state index in [1.165, 1.54) is 30.2 Å². The lowest BCUT2D eigenvalue weighted by Crippen LogP contribution is -2.65. The van der Waals surface area contributed by atoms with E-state index in [4.69, 9.17) is 80.5 Å². The Morgan fingerprint density at radius 1 is 0.423 bits per heavy atom. The van der Waals surface area contributed by atoms with Gasteiger partial charge in [0.15, 0.2) is 76.0 Å². The quantitative estimate of drug-likeness (QED) is 0.0387. The number of fused-ring (bicyclic) bond motifs is 12. The maximum atomic E-state index is 13.7. The van der Waals surface area contributed by atoms with Gasteiger partial charge in [0.25, 0.3) is 0 Å². The molecule has 5 fully saturated rings. The standard InChI is InChI=1S/C27H34FNO7.C26H32FNO8.C25H31NO7.C24H28N2O6/c1-4-7-26(2,14-22(30)33-15-28)25(31)36-24-21(32-3)13-27-8-5-9-29(27)10-6-17-11-19-20(35-16-34-19)12-18(17)23(24)27;1-3-6-26(31,13-21(29)33-14-27)24(30)36-23-20(32-2)12-25-7-4-8-28(25)9-5-16-10-18-19(35-15-34-18)11-17(16)22(23)25;1-24(2,13-20(27)30-4)23(28)33-22-19(29-3)12-25-7-5-8-26(25)9-6-15-10-17-18(32-14-31-17)11-16(15)21(22)25;1-23(12-19(27)25(23)2)22(28)32-21-18(29-3)11-24-6-4-7-26(24)8-5-14-9-16-17(31-13-30-16)10-15(14)20(21)24/h11-13,23-24H,4-10,14-16H2,1-3H3;10-12,22-23,31H,3-9,13-15H2,1-2H3;10-12,21-22H,5-9,13-14H2,1-4H3;9-11,20-21H,4-8,12-13H2,1-3H3/t23-,24-,26+,27+;22-,23-,25+,26-;21-,22-,25+;20-,21-,23-,24+/m1111/s1. The highest BCUT2D eigenvalue weighted by atomic mass is 19.1. The average Bonchev–Trinajstić information content (AvgIpc) is 1.56. The molecule has 0 saturated carbocycles. The van der Waals surface area contributed by atoms with Gasteiger partial charge >= 0.3 is 41.8 Å². The van der Waals surface area contributed by atoms with Gasteiger partial charge in [-0.1, -0.05) is 26.7 Å². The second kappa shape index (κ2) is 37.9. The van der Waals surface area contributed by atoms with Crippen molar-refractivity contribution in [2.75, 3.05) is 136 Å². The van der Waals surface area contributed by atoms with Gasteiger partial charge in [-0.2, -0.15) is 0 Å². The van der Waals surface area contributed by atoms with Crippen LogP contribution in [0.1, 0.15) is 212 Å². The molecule has 13 heterocycles. The van der Waals surface area contributed by atoms with Crippen LogP contribution in [0.2, 0.25) is 0 Å². The third kappa shape index (κ3) is 16.8. The predicted octanol–water partition coefficient (Wildman–Crippen LogP) is 11.6. The molecule has 17 aliphatic rings. The molecule has 13 aliphatic heterocycles. The SMILES string of the molecule is CCC[C@@](C)(CC(=O)OCF)C(=O)O[C@@H]1C(OC)=C[C@]23CCCN2CCc2cc4c(cc2[C@H]13)OCO4.CCC[C@@](O)(CC(=O)OCF)C(=O)O[C@@H]1C(OC)=C[C@]23CCCN2CCc2cc4c(cc2[C@H]13)OCO4.COC(=O)CC(C)(C)C(=O)O[C@@H]1C(OC)=C[C@]23CCCN2CCc2cc4c(cc2[C@H]13)OCO4.COC1=C[C@]23CCCN2CCc2cc4c(cc2[C@@H]3[C@@H]1OC(=O)[C@@]1(C)CC(=O)N1C)OCO4. The number of carbonyl (C=O) groups is 8. The van der Waals surface area contributed by atoms with E-state index in [-0.39, 0.29) is 105 Å². The lowest BCUT2D eigenvalue weighted by molar-refractivity contribution is -0.180. The molecule has 15 atom stereocenters. The monoisotopic (exact) mass is 1910 g/mol. The molecule has 1 amide bonds. The molecule has 21 rings (SSSR count). The number of amides is 1. The molecule has 137 heavy (non-hydrogen) atoms. The smallest absolute Gasteiger partial charge is 0.339 e. The molecule has 4 spiro atoms. The fourth-order valence-corrected chi connectivity index (χ4v) is 25.1. The second-order valence-electron chi connectivity index (χ2n) is 39.9. The van der Waals surface area contributed by atoms with Gasteiger partial charge in [0.2, 0.25) is 46.8 Å². The number of carbonyl (C=O) groups excluding carboxylic acids is 8. The van der Waals surface area contributed by atoms with E-state index in [9.17, 15) is 52.2 Å². The van der Waals surface area contributed by atoms with Crippen molar-refractivity contribution < 1.29 is 142 Å². The van der Waals surface area contributed by atoms with Crippen molar-refractivity contribution in [3.8, 4) is 46.0 Å². The number of rotatable bonds is 24. The number of nitrogens with zero attached hydrogens (tertiary/aromatic N) is 5. The molecule has 33 nitrogen and oxygen atoms in total. The average molecular weight is 1910 g/mol. The second-order valence-corrected chi connectivity index (χ2v) is 39.9. The van der Waals surface area contributed by atoms with E-state index in [0.717, 1.165) is 192 Å². The van der Waals surface area contributed by atoms with Crippen LogP contribution < -0.4 is 37.9 Å². The fourth-order valence-electron chi connectivity index (χ4n) is 25.1. The highest BCUT2D eigenvalue weighted by molar-refractivity contribution is 5.98. The van der Waals surface area contributed by atoms with Crippen LogP contribution in [0.5, 0.6) is 46.0 Å². The summed E-state index contributed by atoms with van der Waals surface area (Å²) < 4.78 is 132. The first-order valence-electron chi connectivity index (χ1n) is 48.0. The van der Waals surface area contributed by atoms with Gasteiger partial charge in [0.05, 0.1) is 118 Å². The van der Waals surface area contributed by atoms with E-state index in [1.807, 2.05) is 31.2 Å². The minimum Gasteiger partial charge on any atom is -0.497 e. The Bertz CT molecular complexity index is 5380. The Kier molecular flexibility index (Phi) is 26.6. The molecular formula is C102H125F2N5O28. The first-order valence-corrected chi connectivity index (χ1v) is 48.0. The molecule has 0 bridgehead atoms. The number of halogens is 2. The van der Waals surface area contributed by atoms with Crippen molar-refractivity contribution >= 4 is 47.7 Å². The van der Waals surface area contributed by atoms with E-state index in [0.29, 0.717) is 59.5 Å². The van der Waals surface area contributed by atoms with E-state index in [1.54, 1.807) is 63.0 Å². The van der Waals surface area contributed by atoms with Crippen molar-refractivity contribution in [2.45, 2.75) is 251 Å². The van der Waals surface area contributed by atoms with Gasteiger partial charge < -0.3 is 100 Å². The topological polar surface area (TPSA) is 348 Å². The van der Waals surface area contributed by atoms with E-state index < -0.39 is 108 Å². The first kappa shape index (κ1) is 96.1. The summed E-state index contributed by atoms with van der Waals surface area (Å²) in [6, 6.07) is 16.3. The normalized spacial score (nSPS) is 29.4. The van der Waals surface area contributed by atoms with Crippen LogP contribution in [-0.4, -0.2) is 271 Å². The van der Waals surface area contributed by atoms with Crippen molar-refractivity contribution in [3.63, 3.8) is 0 Å². The molecule has 4 aromatic carbocycles. The van der Waals surface area contributed by atoms with Gasteiger partial charge in [-0.25, -0.2) is 18.4 Å². The summed E-state index contributed by atoms with van der Waals surface area (Å²) in [6.07, 6.45) is 17.8. The number of alkyl halides is 2. The van der Waals surface area contributed by atoms with Gasteiger partial charge in [-0.3, -0.25) is 48.4 Å². The van der Waals surface area contributed by atoms with Gasteiger partial charge in [0.1, 0.15) is 28.6 Å². The molecule has 4 aromatic rings. The van der Waals surface area contributed by atoms with Gasteiger partial charge in [-0.15, -0.1) is 0 Å². The van der Waals surface area contributed by atoms with Crippen molar-refractivity contribution in [2.24, 2.45) is 10.8 Å². The molecule has 0 radical (unpaired) electrons. The predicted molar refractivity (Wildman–Crippen MR) is 483 cm³/mol. The number of aliphatic hydroxyl groups is 1. The highest BCUT2D eigenvalue weighted by Crippen LogP contribution is 2.62. The molecule has 1 N–H and O–H groups in total. The first-order chi connectivity index (χ1) is 65.8. The highest BCUT2D eigenvalue weighted by Gasteiger charge is 2.65. The van der Waals surface area contributed by atoms with Crippen molar-refractivity contribution in [3.05, 3.63) is 140 Å². The summed E-state index contributed by atoms with van der Waals surface area (Å²) in [7, 11) is 9.35. The Labute approximate surface area is 795 Å². The Morgan fingerprint density at radius 2 is 0.737 bits per heavy atom. The lowest BCUT2D eigenvalue weighted by atomic mass is 9.77. The zero-order chi connectivity index (χ0) is 96.6. The van der Waals surface area contributed by atoms with Crippen LogP contribution in [0.15, 0.2) is 95.9 Å². The minimum atomic E-state index is -2.15. The summed E-state index contributed by atoms with van der Waals surface area (Å²) in [5.41, 5.74) is 2.31. The minimum absolute atomic E-state index is 0.0385. The van der Waals surface area contributed by atoms with Crippen LogP contribution in [0.4, 0.5) is 8.78 Å². The molecule has 0 unspecified atom stereocenters. The number of benzene rings is 4. The Morgan fingerprint density at radius 3 is 1.04 bits per heavy atom. The number of esters is 7. The van der Waals surface area contributed by atoms with Crippen LogP contribution in [0.25, 0.3) is 0 Å². The van der Waals surface area contributed by atoms with Crippen molar-refractivity contribution in [1.82, 2.24) is 24.5 Å². The van der Waals surface area contributed by atoms with Crippen LogP contribution in [-0.2, 0) is 116 Å². The summed E-state index contributed by atoms with van der Waals surface area (Å²) in [5.74, 6) is 2.85. The third-order valence-electron chi connectivity index (χ3n) is 31.9. The molecule has 740 valence electrons. The summed E-state index contributed by atoms with van der Waals surface area (Å²) in [4.78, 5) is 113. The molecule has 35 heteroatoms. The van der Waals surface area contributed by atoms with Crippen LogP contribution in [0, 0.1) is 10.8 Å². The lowest BCUT2D eigenvalue weighted by Gasteiger charge is -2.46. The number of ether oxygens (including phenoxy) is 19. The third-order valence-corrected chi connectivity index (χ3v) is 31.9. The molecule has 0 aromatic heterocycles. The van der Waals surface area contributed by atoms with Crippen LogP contribution >= 0.6 is 0 Å².